The summed E-state index contributed by atoms with van der Waals surface area (Å²) in [5.41, 5.74) is -1.93. The third-order valence-electron chi connectivity index (χ3n) is 4.86. The van der Waals surface area contributed by atoms with Crippen molar-refractivity contribution in [1.29, 1.82) is 0 Å². The fourth-order valence-electron chi connectivity index (χ4n) is 3.30. The number of nitrogens with zero attached hydrogens (tertiary/aromatic N) is 7. The lowest BCUT2D eigenvalue weighted by Gasteiger charge is -2.35. The molecule has 1 N–H and O–H groups in total. The summed E-state index contributed by atoms with van der Waals surface area (Å²) in [5, 5.41) is 23.8. The standard InChI is InChI=1S/C18H15F4N7O4/c19-10-1-2-12(18(20,21)22)11(7-10)17(32)28-5-3-27(4-6-28)14-8-13(33-25-14)16-23-26-29(24-16)9-15(30)31/h1-2,7-8H,3-6,9H2,(H,30,31). The lowest BCUT2D eigenvalue weighted by atomic mass is 10.0. The predicted molar refractivity (Wildman–Crippen MR) is 100 cm³/mol. The number of carboxylic acids is 1. The number of carbonyl (C=O) groups excluding carboxylic acids is 1. The third-order valence-corrected chi connectivity index (χ3v) is 4.86. The van der Waals surface area contributed by atoms with Crippen LogP contribution in [0.2, 0.25) is 0 Å². The Morgan fingerprint density at radius 1 is 1.12 bits per heavy atom. The highest BCUT2D eigenvalue weighted by molar-refractivity contribution is 5.96. The topological polar surface area (TPSA) is 130 Å². The Kier molecular flexibility index (Phi) is 5.69. The SMILES string of the molecule is O=C(O)Cn1nnc(-c2cc(N3CCN(C(=O)c4cc(F)ccc4C(F)(F)F)CC3)no2)n1. The molecule has 0 atom stereocenters. The van der Waals surface area contributed by atoms with E-state index in [0.717, 1.165) is 4.80 Å². The predicted octanol–water partition coefficient (Wildman–Crippen LogP) is 1.53. The Morgan fingerprint density at radius 3 is 2.52 bits per heavy atom. The van der Waals surface area contributed by atoms with Crippen molar-refractivity contribution in [1.82, 2.24) is 30.3 Å². The zero-order valence-corrected chi connectivity index (χ0v) is 16.7. The van der Waals surface area contributed by atoms with E-state index >= 15 is 0 Å². The minimum absolute atomic E-state index is 0.0228. The first-order chi connectivity index (χ1) is 15.6. The molecule has 15 heteroatoms. The lowest BCUT2D eigenvalue weighted by Crippen LogP contribution is -2.49. The van der Waals surface area contributed by atoms with Crippen molar-refractivity contribution in [2.75, 3.05) is 31.1 Å². The van der Waals surface area contributed by atoms with Crippen molar-refractivity contribution in [3.05, 3.63) is 41.2 Å². The van der Waals surface area contributed by atoms with Crippen LogP contribution in [0.4, 0.5) is 23.4 Å². The number of aliphatic carboxylic acids is 1. The molecule has 1 aromatic carbocycles. The molecule has 1 saturated heterocycles. The molecule has 1 aliphatic rings. The Bertz CT molecular complexity index is 1180. The van der Waals surface area contributed by atoms with E-state index in [1.165, 1.54) is 11.0 Å². The number of carbonyl (C=O) groups is 2. The molecule has 0 radical (unpaired) electrons. The maximum atomic E-state index is 13.5. The number of carboxylic acid groups (broad SMARTS) is 1. The monoisotopic (exact) mass is 469 g/mol. The second-order valence-electron chi connectivity index (χ2n) is 7.05. The zero-order valence-electron chi connectivity index (χ0n) is 16.7. The van der Waals surface area contributed by atoms with Gasteiger partial charge in [-0.2, -0.15) is 18.0 Å². The van der Waals surface area contributed by atoms with Crippen molar-refractivity contribution < 1.29 is 36.8 Å². The first-order valence-corrected chi connectivity index (χ1v) is 9.49. The molecule has 0 saturated carbocycles. The highest BCUT2D eigenvalue weighted by Gasteiger charge is 2.37. The molecule has 3 aromatic rings. The van der Waals surface area contributed by atoms with Gasteiger partial charge >= 0.3 is 12.1 Å². The number of alkyl halides is 3. The first kappa shape index (κ1) is 22.2. The van der Waals surface area contributed by atoms with Crippen molar-refractivity contribution in [2.45, 2.75) is 12.7 Å². The highest BCUT2D eigenvalue weighted by atomic mass is 19.4. The van der Waals surface area contributed by atoms with Crippen LogP contribution in [-0.2, 0) is 17.5 Å². The van der Waals surface area contributed by atoms with Crippen molar-refractivity contribution >= 4 is 17.7 Å². The van der Waals surface area contributed by atoms with Gasteiger partial charge in [0.1, 0.15) is 5.82 Å². The van der Waals surface area contributed by atoms with Gasteiger partial charge in [0.25, 0.3) is 5.91 Å². The molecule has 11 nitrogen and oxygen atoms in total. The molecule has 174 valence electrons. The van der Waals surface area contributed by atoms with Gasteiger partial charge in [-0.15, -0.1) is 10.2 Å². The molecule has 0 unspecified atom stereocenters. The molecule has 4 rings (SSSR count). The number of benzene rings is 1. The van der Waals surface area contributed by atoms with Crippen molar-refractivity contribution in [2.24, 2.45) is 0 Å². The largest absolute Gasteiger partial charge is 0.480 e. The van der Waals surface area contributed by atoms with Gasteiger partial charge in [-0.1, -0.05) is 5.16 Å². The molecular weight excluding hydrogens is 454 g/mol. The van der Waals surface area contributed by atoms with E-state index in [1.54, 1.807) is 4.90 Å². The van der Waals surface area contributed by atoms with E-state index in [2.05, 4.69) is 20.6 Å². The molecule has 2 aromatic heterocycles. The number of aromatic nitrogens is 5. The maximum absolute atomic E-state index is 13.5. The van der Waals surface area contributed by atoms with E-state index < -0.39 is 41.5 Å². The molecule has 0 spiro atoms. The van der Waals surface area contributed by atoms with E-state index in [0.29, 0.717) is 24.0 Å². The minimum atomic E-state index is -4.79. The van der Waals surface area contributed by atoms with E-state index in [9.17, 15) is 27.2 Å². The summed E-state index contributed by atoms with van der Waals surface area (Å²) in [6.45, 7) is 0.121. The van der Waals surface area contributed by atoms with Crippen LogP contribution >= 0.6 is 0 Å². The average Bonchev–Trinajstić information content (AvgIpc) is 3.41. The number of tetrazole rings is 1. The van der Waals surface area contributed by atoms with E-state index in [-0.39, 0.29) is 37.8 Å². The van der Waals surface area contributed by atoms with Gasteiger partial charge in [0.2, 0.25) is 11.6 Å². The number of rotatable bonds is 5. The van der Waals surface area contributed by atoms with E-state index in [4.69, 9.17) is 9.63 Å². The molecule has 3 heterocycles. The smallest absolute Gasteiger partial charge is 0.417 e. The Balaban J connectivity index is 1.43. The molecule has 1 amide bonds. The second kappa shape index (κ2) is 8.48. The number of hydrogen-bond acceptors (Lipinski definition) is 8. The van der Waals surface area contributed by atoms with Gasteiger partial charge in [-0.25, -0.2) is 4.39 Å². The van der Waals surface area contributed by atoms with Gasteiger partial charge in [-0.05, 0) is 23.4 Å². The Hall–Kier alpha value is -4.04. The summed E-state index contributed by atoms with van der Waals surface area (Å²) in [5.74, 6) is -2.47. The fraction of sp³-hybridized carbons (Fsp3) is 0.333. The normalized spacial score (nSPS) is 14.5. The lowest BCUT2D eigenvalue weighted by molar-refractivity contribution is -0.139. The summed E-state index contributed by atoms with van der Waals surface area (Å²) in [7, 11) is 0. The average molecular weight is 469 g/mol. The number of halogens is 4. The summed E-state index contributed by atoms with van der Waals surface area (Å²) < 4.78 is 58.4. The quantitative estimate of drug-likeness (QED) is 0.553. The second-order valence-corrected chi connectivity index (χ2v) is 7.05. The van der Waals surface area contributed by atoms with Crippen LogP contribution in [0.25, 0.3) is 11.6 Å². The zero-order chi connectivity index (χ0) is 23.8. The summed E-state index contributed by atoms with van der Waals surface area (Å²) in [6, 6.07) is 3.30. The number of hydrogen-bond donors (Lipinski definition) is 1. The summed E-state index contributed by atoms with van der Waals surface area (Å²) in [6.07, 6.45) is -4.79. The molecular formula is C18H15F4N7O4. The van der Waals surface area contributed by atoms with Crippen LogP contribution in [0, 0.1) is 5.82 Å². The van der Waals surface area contributed by atoms with Crippen LogP contribution < -0.4 is 4.90 Å². The Labute approximate surface area is 182 Å². The minimum Gasteiger partial charge on any atom is -0.480 e. The summed E-state index contributed by atoms with van der Waals surface area (Å²) >= 11 is 0. The van der Waals surface area contributed by atoms with Gasteiger partial charge in [0.15, 0.2) is 12.4 Å². The van der Waals surface area contributed by atoms with Gasteiger partial charge < -0.3 is 19.4 Å². The maximum Gasteiger partial charge on any atom is 0.417 e. The molecule has 1 fully saturated rings. The summed E-state index contributed by atoms with van der Waals surface area (Å²) in [4.78, 5) is 27.2. The number of anilines is 1. The number of amides is 1. The van der Waals surface area contributed by atoms with Crippen molar-refractivity contribution in [3.8, 4) is 11.6 Å². The van der Waals surface area contributed by atoms with Crippen LogP contribution in [-0.4, -0.2) is 73.4 Å². The van der Waals surface area contributed by atoms with Crippen LogP contribution in [0.3, 0.4) is 0 Å². The number of piperazine rings is 1. The highest BCUT2D eigenvalue weighted by Crippen LogP contribution is 2.33. The van der Waals surface area contributed by atoms with Crippen LogP contribution in [0.5, 0.6) is 0 Å². The van der Waals surface area contributed by atoms with Gasteiger partial charge in [-0.3, -0.25) is 9.59 Å². The fourth-order valence-corrected chi connectivity index (χ4v) is 3.30. The molecule has 0 aliphatic carbocycles. The molecule has 1 aliphatic heterocycles. The van der Waals surface area contributed by atoms with Crippen LogP contribution in [0.1, 0.15) is 15.9 Å². The third kappa shape index (κ3) is 4.75. The molecule has 33 heavy (non-hydrogen) atoms. The molecule has 0 bridgehead atoms. The van der Waals surface area contributed by atoms with E-state index in [1.807, 2.05) is 0 Å². The van der Waals surface area contributed by atoms with Gasteiger partial charge in [0, 0.05) is 32.2 Å². The van der Waals surface area contributed by atoms with Crippen LogP contribution in [0.15, 0.2) is 28.8 Å². The Morgan fingerprint density at radius 2 is 1.85 bits per heavy atom. The first-order valence-electron chi connectivity index (χ1n) is 9.49. The van der Waals surface area contributed by atoms with Gasteiger partial charge in [0.05, 0.1) is 11.1 Å². The van der Waals surface area contributed by atoms with Crippen molar-refractivity contribution in [3.63, 3.8) is 0 Å².